The van der Waals surface area contributed by atoms with E-state index in [-0.39, 0.29) is 23.7 Å². The zero-order valence-electron chi connectivity index (χ0n) is 12.3. The summed E-state index contributed by atoms with van der Waals surface area (Å²) in [6.45, 7) is -0.129. The zero-order chi connectivity index (χ0) is 17.0. The Morgan fingerprint density at radius 1 is 1.30 bits per heavy atom. The van der Waals surface area contributed by atoms with Gasteiger partial charge in [0, 0.05) is 13.6 Å². The van der Waals surface area contributed by atoms with Crippen LogP contribution in [0.25, 0.3) is 0 Å². The van der Waals surface area contributed by atoms with Gasteiger partial charge in [-0.05, 0) is 17.7 Å². The topological polar surface area (TPSA) is 67.4 Å². The Kier molecular flexibility index (Phi) is 4.99. The minimum atomic E-state index is -1.55. The summed E-state index contributed by atoms with van der Waals surface area (Å²) in [5.74, 6) is -4.01. The summed E-state index contributed by atoms with van der Waals surface area (Å²) in [6, 6.07) is 1.08. The highest BCUT2D eigenvalue weighted by Gasteiger charge is 2.16. The number of amides is 2. The SMILES string of the molecule is COc1ncncc1NC(=O)N(C)Cc1cc(F)c(F)c(F)c1. The smallest absolute Gasteiger partial charge is 0.322 e. The molecule has 122 valence electrons. The Labute approximate surface area is 129 Å². The van der Waals surface area contributed by atoms with Crippen molar-refractivity contribution < 1.29 is 22.7 Å². The first-order chi connectivity index (χ1) is 10.9. The number of methoxy groups -OCH3 is 1. The number of urea groups is 1. The summed E-state index contributed by atoms with van der Waals surface area (Å²) in [6.07, 6.45) is 2.59. The van der Waals surface area contributed by atoms with E-state index in [1.165, 1.54) is 26.7 Å². The van der Waals surface area contributed by atoms with Gasteiger partial charge in [-0.3, -0.25) is 0 Å². The van der Waals surface area contributed by atoms with Gasteiger partial charge in [0.15, 0.2) is 17.5 Å². The second-order valence-corrected chi connectivity index (χ2v) is 4.61. The number of carbonyl (C=O) groups is 1. The largest absolute Gasteiger partial charge is 0.479 e. The average molecular weight is 326 g/mol. The van der Waals surface area contributed by atoms with E-state index in [1.807, 2.05) is 0 Å². The van der Waals surface area contributed by atoms with Gasteiger partial charge in [0.2, 0.25) is 5.88 Å². The van der Waals surface area contributed by atoms with Gasteiger partial charge < -0.3 is 15.0 Å². The molecule has 2 rings (SSSR count). The van der Waals surface area contributed by atoms with Gasteiger partial charge in [0.05, 0.1) is 13.3 Å². The van der Waals surface area contributed by atoms with Gasteiger partial charge >= 0.3 is 6.03 Å². The van der Waals surface area contributed by atoms with Crippen molar-refractivity contribution in [2.24, 2.45) is 0 Å². The lowest BCUT2D eigenvalue weighted by atomic mass is 10.2. The van der Waals surface area contributed by atoms with E-state index in [9.17, 15) is 18.0 Å². The van der Waals surface area contributed by atoms with E-state index < -0.39 is 23.5 Å². The number of benzene rings is 1. The zero-order valence-corrected chi connectivity index (χ0v) is 12.3. The first kappa shape index (κ1) is 16.5. The third-order valence-corrected chi connectivity index (χ3v) is 2.92. The van der Waals surface area contributed by atoms with E-state index in [1.54, 1.807) is 0 Å². The van der Waals surface area contributed by atoms with Crippen LogP contribution in [-0.4, -0.2) is 35.1 Å². The number of halogens is 3. The fourth-order valence-electron chi connectivity index (χ4n) is 1.82. The highest BCUT2D eigenvalue weighted by atomic mass is 19.2. The van der Waals surface area contributed by atoms with E-state index in [0.717, 1.165) is 17.0 Å². The molecule has 0 unspecified atom stereocenters. The monoisotopic (exact) mass is 326 g/mol. The van der Waals surface area contributed by atoms with Gasteiger partial charge in [-0.25, -0.2) is 22.9 Å². The van der Waals surface area contributed by atoms with Gasteiger partial charge in [-0.15, -0.1) is 0 Å². The highest BCUT2D eigenvalue weighted by Crippen LogP contribution is 2.19. The van der Waals surface area contributed by atoms with Crippen molar-refractivity contribution in [3.8, 4) is 5.88 Å². The van der Waals surface area contributed by atoms with Crippen molar-refractivity contribution in [3.63, 3.8) is 0 Å². The van der Waals surface area contributed by atoms with Gasteiger partial charge in [-0.1, -0.05) is 0 Å². The number of hydrogen-bond donors (Lipinski definition) is 1. The van der Waals surface area contributed by atoms with Crippen molar-refractivity contribution in [2.75, 3.05) is 19.5 Å². The molecule has 2 aromatic rings. The quantitative estimate of drug-likeness (QED) is 0.877. The van der Waals surface area contributed by atoms with E-state index in [2.05, 4.69) is 15.3 Å². The van der Waals surface area contributed by atoms with Crippen LogP contribution in [0, 0.1) is 17.5 Å². The van der Waals surface area contributed by atoms with Crippen LogP contribution in [0.3, 0.4) is 0 Å². The Hall–Kier alpha value is -2.84. The van der Waals surface area contributed by atoms with E-state index in [4.69, 9.17) is 4.74 Å². The summed E-state index contributed by atoms with van der Waals surface area (Å²) in [7, 11) is 2.79. The number of hydrogen-bond acceptors (Lipinski definition) is 4. The summed E-state index contributed by atoms with van der Waals surface area (Å²) in [5, 5.41) is 2.50. The Morgan fingerprint density at radius 2 is 1.96 bits per heavy atom. The van der Waals surface area contributed by atoms with Crippen LogP contribution in [0.2, 0.25) is 0 Å². The van der Waals surface area contributed by atoms with E-state index in [0.29, 0.717) is 0 Å². The van der Waals surface area contributed by atoms with Gasteiger partial charge in [0.25, 0.3) is 0 Å². The number of ether oxygens (including phenoxy) is 1. The van der Waals surface area contributed by atoms with Crippen LogP contribution in [0.15, 0.2) is 24.7 Å². The lowest BCUT2D eigenvalue weighted by Gasteiger charge is -2.18. The third kappa shape index (κ3) is 3.87. The predicted molar refractivity (Wildman–Crippen MR) is 75.4 cm³/mol. The van der Waals surface area contributed by atoms with E-state index >= 15 is 0 Å². The summed E-state index contributed by atoms with van der Waals surface area (Å²) in [5.41, 5.74) is 0.346. The van der Waals surface area contributed by atoms with Gasteiger partial charge in [-0.2, -0.15) is 4.98 Å². The summed E-state index contributed by atoms with van der Waals surface area (Å²) >= 11 is 0. The maximum Gasteiger partial charge on any atom is 0.322 e. The molecular formula is C14H13F3N4O2. The molecule has 1 N–H and O–H groups in total. The van der Waals surface area contributed by atoms with Crippen LogP contribution in [0.5, 0.6) is 5.88 Å². The van der Waals surface area contributed by atoms with Crippen molar-refractivity contribution >= 4 is 11.7 Å². The maximum atomic E-state index is 13.2. The highest BCUT2D eigenvalue weighted by molar-refractivity contribution is 5.90. The van der Waals surface area contributed by atoms with Crippen LogP contribution in [0.1, 0.15) is 5.56 Å². The second-order valence-electron chi connectivity index (χ2n) is 4.61. The molecule has 0 saturated heterocycles. The molecule has 23 heavy (non-hydrogen) atoms. The van der Waals surface area contributed by atoms with Gasteiger partial charge in [0.1, 0.15) is 12.0 Å². The molecule has 0 bridgehead atoms. The molecule has 0 spiro atoms. The molecule has 0 saturated carbocycles. The molecule has 2 amide bonds. The second kappa shape index (κ2) is 6.95. The normalized spacial score (nSPS) is 10.3. The fraction of sp³-hybridized carbons (Fsp3) is 0.214. The molecule has 1 heterocycles. The molecule has 0 aliphatic carbocycles. The number of nitrogens with one attached hydrogen (secondary N) is 1. The molecule has 6 nitrogen and oxygen atoms in total. The molecule has 9 heteroatoms. The van der Waals surface area contributed by atoms with Crippen LogP contribution in [0.4, 0.5) is 23.7 Å². The first-order valence-electron chi connectivity index (χ1n) is 6.42. The van der Waals surface area contributed by atoms with Crippen molar-refractivity contribution in [1.82, 2.24) is 14.9 Å². The lowest BCUT2D eigenvalue weighted by Crippen LogP contribution is -2.31. The van der Waals surface area contributed by atoms with Crippen molar-refractivity contribution in [2.45, 2.75) is 6.54 Å². The van der Waals surface area contributed by atoms with Crippen molar-refractivity contribution in [3.05, 3.63) is 47.7 Å². The number of carbonyl (C=O) groups excluding carboxylic acids is 1. The number of aromatic nitrogens is 2. The van der Waals surface area contributed by atoms with Crippen LogP contribution in [-0.2, 0) is 6.54 Å². The predicted octanol–water partition coefficient (Wildman–Crippen LogP) is 2.57. The lowest BCUT2D eigenvalue weighted by molar-refractivity contribution is 0.220. The number of nitrogens with zero attached hydrogens (tertiary/aromatic N) is 3. The molecule has 0 atom stereocenters. The molecule has 1 aromatic heterocycles. The molecule has 0 aliphatic heterocycles. The fourth-order valence-corrected chi connectivity index (χ4v) is 1.82. The summed E-state index contributed by atoms with van der Waals surface area (Å²) < 4.78 is 44.2. The Bertz CT molecular complexity index is 704. The van der Waals surface area contributed by atoms with Crippen molar-refractivity contribution in [1.29, 1.82) is 0 Å². The first-order valence-corrected chi connectivity index (χ1v) is 6.42. The summed E-state index contributed by atoms with van der Waals surface area (Å²) in [4.78, 5) is 20.8. The van der Waals surface area contributed by atoms with Crippen LogP contribution < -0.4 is 10.1 Å². The molecule has 1 aromatic carbocycles. The van der Waals surface area contributed by atoms with Crippen LogP contribution >= 0.6 is 0 Å². The average Bonchev–Trinajstić information content (AvgIpc) is 2.53. The molecular weight excluding hydrogens is 313 g/mol. The maximum absolute atomic E-state index is 13.2. The number of anilines is 1. The molecule has 0 fully saturated rings. The standard InChI is InChI=1S/C14H13F3N4O2/c1-21(6-8-3-9(15)12(17)10(16)4-8)14(22)20-11-5-18-7-19-13(11)23-2/h3-5,7H,6H2,1-2H3,(H,20,22). The number of rotatable bonds is 4. The minimum absolute atomic E-state index is 0.107. The molecule has 0 radical (unpaired) electrons. The Balaban J connectivity index is 2.08. The molecule has 0 aliphatic rings. The third-order valence-electron chi connectivity index (χ3n) is 2.92. The minimum Gasteiger partial charge on any atom is -0.479 e. The Morgan fingerprint density at radius 3 is 2.57 bits per heavy atom.